The van der Waals surface area contributed by atoms with Gasteiger partial charge in [-0.05, 0) is 60.7 Å². The Bertz CT molecular complexity index is 1360. The third-order valence-electron chi connectivity index (χ3n) is 4.79. The molecule has 1 aliphatic rings. The number of aromatic nitrogens is 1. The zero-order valence-corrected chi connectivity index (χ0v) is 18.1. The molecule has 1 aliphatic heterocycles. The van der Waals surface area contributed by atoms with Crippen LogP contribution in [-0.2, 0) is 20.2 Å². The van der Waals surface area contributed by atoms with E-state index in [2.05, 4.69) is 9.98 Å². The highest BCUT2D eigenvalue weighted by molar-refractivity contribution is 7.86. The van der Waals surface area contributed by atoms with Crippen molar-refractivity contribution in [3.8, 4) is 0 Å². The van der Waals surface area contributed by atoms with Crippen LogP contribution in [0.25, 0.3) is 0 Å². The van der Waals surface area contributed by atoms with Gasteiger partial charge in [-0.3, -0.25) is 9.11 Å². The molecule has 1 aromatic heterocycles. The summed E-state index contributed by atoms with van der Waals surface area (Å²) in [6.45, 7) is 0.604. The quantitative estimate of drug-likeness (QED) is 0.533. The molecule has 2 aromatic carbocycles. The maximum Gasteiger partial charge on any atom is 0.294 e. The Morgan fingerprint density at radius 2 is 1.38 bits per heavy atom. The fourth-order valence-corrected chi connectivity index (χ4v) is 4.19. The molecule has 12 heteroatoms. The molecule has 0 radical (unpaired) electrons. The second-order valence-electron chi connectivity index (χ2n) is 6.89. The van der Waals surface area contributed by atoms with E-state index in [1.54, 1.807) is 17.2 Å². The summed E-state index contributed by atoms with van der Waals surface area (Å²) >= 11 is 0. The van der Waals surface area contributed by atoms with E-state index >= 15 is 0 Å². The van der Waals surface area contributed by atoms with Crippen molar-refractivity contribution in [2.75, 3.05) is 23.1 Å². The van der Waals surface area contributed by atoms with Crippen molar-refractivity contribution in [3.63, 3.8) is 0 Å². The van der Waals surface area contributed by atoms with Crippen LogP contribution in [-0.4, -0.2) is 50.1 Å². The van der Waals surface area contributed by atoms with Crippen molar-refractivity contribution in [1.29, 1.82) is 0 Å². The van der Waals surface area contributed by atoms with E-state index in [1.165, 1.54) is 48.5 Å². The number of nitrogens with zero attached hydrogens (tertiary/aromatic N) is 4. The summed E-state index contributed by atoms with van der Waals surface area (Å²) in [6.07, 6.45) is 1.66. The first-order chi connectivity index (χ1) is 15.1. The molecule has 0 saturated heterocycles. The van der Waals surface area contributed by atoms with Gasteiger partial charge in [-0.15, -0.1) is 0 Å². The van der Waals surface area contributed by atoms with Gasteiger partial charge in [-0.1, -0.05) is 6.07 Å². The fraction of sp³-hybridized carbons (Fsp3) is 0.100. The van der Waals surface area contributed by atoms with Gasteiger partial charge in [0.15, 0.2) is 0 Å². The highest BCUT2D eigenvalue weighted by Gasteiger charge is 2.25. The summed E-state index contributed by atoms with van der Waals surface area (Å²) in [7, 11) is -8.67. The third kappa shape index (κ3) is 4.62. The number of aliphatic imine (C=N–C) groups is 1. The number of hydrogen-bond donors (Lipinski definition) is 2. The Labute approximate surface area is 185 Å². The maximum absolute atomic E-state index is 11.4. The van der Waals surface area contributed by atoms with Crippen LogP contribution in [0, 0.1) is 0 Å². The molecule has 4 rings (SSSR count). The van der Waals surface area contributed by atoms with Crippen LogP contribution < -0.4 is 9.80 Å². The molecular weight excluding hydrogens is 456 g/mol. The molecule has 0 unspecified atom stereocenters. The summed E-state index contributed by atoms with van der Waals surface area (Å²) in [6, 6.07) is 16.7. The van der Waals surface area contributed by atoms with Gasteiger partial charge >= 0.3 is 0 Å². The van der Waals surface area contributed by atoms with Crippen molar-refractivity contribution in [3.05, 3.63) is 78.5 Å². The van der Waals surface area contributed by atoms with E-state index in [0.29, 0.717) is 29.6 Å². The molecule has 0 spiro atoms. The molecular formula is C20H18N4O6S2. The van der Waals surface area contributed by atoms with Crippen LogP contribution in [0.1, 0.15) is 5.56 Å². The number of hydrogen-bond acceptors (Lipinski definition) is 8. The van der Waals surface area contributed by atoms with Gasteiger partial charge < -0.3 is 9.80 Å². The highest BCUT2D eigenvalue weighted by atomic mass is 32.2. The second kappa shape index (κ2) is 8.31. The first-order valence-electron chi connectivity index (χ1n) is 9.26. The molecule has 3 aromatic rings. The van der Waals surface area contributed by atoms with Crippen LogP contribution in [0.3, 0.4) is 0 Å². The normalized spacial score (nSPS) is 14.9. The lowest BCUT2D eigenvalue weighted by atomic mass is 10.1. The Morgan fingerprint density at radius 1 is 0.781 bits per heavy atom. The largest absolute Gasteiger partial charge is 0.319 e. The van der Waals surface area contributed by atoms with Crippen LogP contribution in [0.4, 0.5) is 11.5 Å². The number of pyridine rings is 1. The fourth-order valence-electron chi connectivity index (χ4n) is 3.23. The molecule has 0 saturated carbocycles. The predicted octanol–water partition coefficient (Wildman–Crippen LogP) is 2.26. The number of rotatable bonds is 5. The number of benzene rings is 2. The Morgan fingerprint density at radius 3 is 1.91 bits per heavy atom. The van der Waals surface area contributed by atoms with Crippen LogP contribution in [0.2, 0.25) is 0 Å². The minimum absolute atomic E-state index is 0.239. The van der Waals surface area contributed by atoms with Gasteiger partial charge in [0.1, 0.15) is 18.3 Å². The maximum atomic E-state index is 11.4. The summed E-state index contributed by atoms with van der Waals surface area (Å²) in [5.41, 5.74) is 1.19. The summed E-state index contributed by atoms with van der Waals surface area (Å²) in [5, 5.41) is 0. The van der Waals surface area contributed by atoms with E-state index in [-0.39, 0.29) is 16.5 Å². The molecule has 2 heterocycles. The first kappa shape index (κ1) is 21.9. The van der Waals surface area contributed by atoms with Crippen molar-refractivity contribution in [1.82, 2.24) is 4.98 Å². The molecule has 10 nitrogen and oxygen atoms in total. The minimum Gasteiger partial charge on any atom is -0.319 e. The molecule has 0 aliphatic carbocycles. The molecule has 32 heavy (non-hydrogen) atoms. The summed E-state index contributed by atoms with van der Waals surface area (Å²) in [4.78, 5) is 12.2. The van der Waals surface area contributed by atoms with E-state index < -0.39 is 20.2 Å². The van der Waals surface area contributed by atoms with Gasteiger partial charge in [0.25, 0.3) is 20.2 Å². The van der Waals surface area contributed by atoms with Crippen molar-refractivity contribution in [2.24, 2.45) is 4.99 Å². The van der Waals surface area contributed by atoms with Gasteiger partial charge in [-0.25, -0.2) is 9.98 Å². The van der Waals surface area contributed by atoms with Crippen LogP contribution in [0.15, 0.2) is 87.7 Å². The van der Waals surface area contributed by atoms with E-state index in [9.17, 15) is 25.9 Å². The third-order valence-corrected chi connectivity index (χ3v) is 6.52. The van der Waals surface area contributed by atoms with Gasteiger partial charge in [0, 0.05) is 17.4 Å². The van der Waals surface area contributed by atoms with Crippen molar-refractivity contribution < 1.29 is 25.9 Å². The molecule has 166 valence electrons. The second-order valence-corrected chi connectivity index (χ2v) is 9.73. The Balaban J connectivity index is 1.74. The van der Waals surface area contributed by atoms with Crippen molar-refractivity contribution >= 4 is 37.6 Å². The van der Waals surface area contributed by atoms with E-state index in [1.807, 2.05) is 17.0 Å². The molecule has 0 atom stereocenters. The smallest absolute Gasteiger partial charge is 0.294 e. The average Bonchev–Trinajstić information content (AvgIpc) is 2.78. The van der Waals surface area contributed by atoms with Gasteiger partial charge in [0.2, 0.25) is 0 Å². The SMILES string of the molecule is O=S(=O)(O)c1ccc(C2=NCN(c3ccccn3)CN2c2ccc(S(=O)(=O)O)cc2)cc1. The number of anilines is 2. The number of amidine groups is 1. The standard InChI is InChI=1S/C20H18N4O6S2/c25-31(26,27)17-8-4-15(5-9-17)20-22-13-23(19-3-1-2-12-21-19)14-24(20)16-6-10-18(11-7-16)32(28,29)30/h1-12H,13-14H2,(H,25,26,27)(H,28,29,30). The Kier molecular flexibility index (Phi) is 5.69. The first-order valence-corrected chi connectivity index (χ1v) is 12.1. The highest BCUT2D eigenvalue weighted by Crippen LogP contribution is 2.25. The summed E-state index contributed by atoms with van der Waals surface area (Å²) < 4.78 is 64.0. The predicted molar refractivity (Wildman–Crippen MR) is 118 cm³/mol. The molecule has 0 bridgehead atoms. The Hall–Kier alpha value is -3.32. The van der Waals surface area contributed by atoms with Gasteiger partial charge in [0.05, 0.1) is 16.5 Å². The monoisotopic (exact) mass is 474 g/mol. The average molecular weight is 475 g/mol. The van der Waals surface area contributed by atoms with Crippen molar-refractivity contribution in [2.45, 2.75) is 9.79 Å². The zero-order valence-electron chi connectivity index (χ0n) is 16.5. The molecule has 2 N–H and O–H groups in total. The zero-order chi connectivity index (χ0) is 22.9. The van der Waals surface area contributed by atoms with Crippen LogP contribution in [0.5, 0.6) is 0 Å². The summed E-state index contributed by atoms with van der Waals surface area (Å²) in [5.74, 6) is 1.20. The van der Waals surface area contributed by atoms with Gasteiger partial charge in [-0.2, -0.15) is 16.8 Å². The van der Waals surface area contributed by atoms with Crippen LogP contribution >= 0.6 is 0 Å². The minimum atomic E-state index is -4.34. The molecule has 0 amide bonds. The van der Waals surface area contributed by atoms with E-state index in [4.69, 9.17) is 0 Å². The lowest BCUT2D eigenvalue weighted by Gasteiger charge is -2.37. The van der Waals surface area contributed by atoms with E-state index in [0.717, 1.165) is 0 Å². The lowest BCUT2D eigenvalue weighted by Crippen LogP contribution is -2.47. The lowest BCUT2D eigenvalue weighted by molar-refractivity contribution is 0.481. The molecule has 0 fully saturated rings. The topological polar surface area (TPSA) is 140 Å².